The summed E-state index contributed by atoms with van der Waals surface area (Å²) in [5.74, 6) is -0.283. The van der Waals surface area contributed by atoms with Crippen molar-refractivity contribution in [3.63, 3.8) is 0 Å². The van der Waals surface area contributed by atoms with E-state index in [2.05, 4.69) is 5.10 Å². The Kier molecular flexibility index (Phi) is 3.12. The van der Waals surface area contributed by atoms with Gasteiger partial charge in [0, 0.05) is 0 Å². The van der Waals surface area contributed by atoms with Gasteiger partial charge in [-0.25, -0.2) is 9.07 Å². The highest BCUT2D eigenvalue weighted by Crippen LogP contribution is 2.19. The van der Waals surface area contributed by atoms with Crippen LogP contribution in [-0.4, -0.2) is 9.78 Å². The molecule has 3 nitrogen and oxygen atoms in total. The van der Waals surface area contributed by atoms with Crippen molar-refractivity contribution in [3.8, 4) is 6.07 Å². The van der Waals surface area contributed by atoms with Crippen LogP contribution >= 0.6 is 11.6 Å². The molecule has 0 aliphatic rings. The highest BCUT2D eigenvalue weighted by Gasteiger charge is 2.12. The van der Waals surface area contributed by atoms with Gasteiger partial charge in [0.25, 0.3) is 0 Å². The first-order valence-electron chi connectivity index (χ1n) is 4.99. The topological polar surface area (TPSA) is 41.6 Å². The van der Waals surface area contributed by atoms with Crippen LogP contribution < -0.4 is 0 Å². The van der Waals surface area contributed by atoms with Crippen molar-refractivity contribution in [1.29, 1.82) is 5.26 Å². The van der Waals surface area contributed by atoms with Crippen LogP contribution in [0.4, 0.5) is 4.39 Å². The quantitative estimate of drug-likeness (QED) is 0.821. The van der Waals surface area contributed by atoms with E-state index < -0.39 is 0 Å². The first-order chi connectivity index (χ1) is 8.11. The molecule has 0 saturated carbocycles. The molecule has 2 rings (SSSR count). The van der Waals surface area contributed by atoms with Crippen LogP contribution in [0.5, 0.6) is 0 Å². The summed E-state index contributed by atoms with van der Waals surface area (Å²) in [5.41, 5.74) is 1.86. The number of aromatic nitrogens is 2. The molecule has 0 spiro atoms. The van der Waals surface area contributed by atoms with Crippen molar-refractivity contribution in [3.05, 3.63) is 52.1 Å². The lowest BCUT2D eigenvalue weighted by molar-refractivity contribution is 0.624. The molecule has 0 N–H and O–H groups in total. The average molecular weight is 250 g/mol. The van der Waals surface area contributed by atoms with E-state index in [9.17, 15) is 4.39 Å². The minimum absolute atomic E-state index is 0.283. The molecule has 1 aromatic heterocycles. The van der Waals surface area contributed by atoms with Gasteiger partial charge in [-0.05, 0) is 24.6 Å². The van der Waals surface area contributed by atoms with Gasteiger partial charge in [0.1, 0.15) is 22.6 Å². The van der Waals surface area contributed by atoms with E-state index in [4.69, 9.17) is 16.9 Å². The molecule has 0 unspecified atom stereocenters. The zero-order chi connectivity index (χ0) is 12.4. The van der Waals surface area contributed by atoms with E-state index >= 15 is 0 Å². The van der Waals surface area contributed by atoms with Gasteiger partial charge in [0.15, 0.2) is 0 Å². The Labute approximate surface area is 103 Å². The van der Waals surface area contributed by atoms with Gasteiger partial charge >= 0.3 is 0 Å². The fourth-order valence-electron chi connectivity index (χ4n) is 1.55. The lowest BCUT2D eigenvalue weighted by Gasteiger charge is -2.03. The van der Waals surface area contributed by atoms with E-state index in [0.717, 1.165) is 5.56 Å². The standard InChI is InChI=1S/C12H9ClFN3/c1-8-11(6-15)12(13)17(16-8)7-9-2-4-10(14)5-3-9/h2-5H,7H2,1H3. The van der Waals surface area contributed by atoms with Crippen molar-refractivity contribution in [1.82, 2.24) is 9.78 Å². The van der Waals surface area contributed by atoms with E-state index in [1.807, 2.05) is 6.07 Å². The van der Waals surface area contributed by atoms with Gasteiger partial charge in [0.05, 0.1) is 12.2 Å². The lowest BCUT2D eigenvalue weighted by Crippen LogP contribution is -2.02. The highest BCUT2D eigenvalue weighted by molar-refractivity contribution is 6.30. The van der Waals surface area contributed by atoms with Crippen LogP contribution in [0, 0.1) is 24.1 Å². The summed E-state index contributed by atoms with van der Waals surface area (Å²) >= 11 is 6.01. The van der Waals surface area contributed by atoms with Crippen molar-refractivity contribution < 1.29 is 4.39 Å². The zero-order valence-electron chi connectivity index (χ0n) is 9.11. The smallest absolute Gasteiger partial charge is 0.145 e. The second-order valence-electron chi connectivity index (χ2n) is 3.65. The third-order valence-corrected chi connectivity index (χ3v) is 2.81. The fourth-order valence-corrected chi connectivity index (χ4v) is 1.82. The van der Waals surface area contributed by atoms with Gasteiger partial charge in [-0.2, -0.15) is 10.4 Å². The summed E-state index contributed by atoms with van der Waals surface area (Å²) in [4.78, 5) is 0. The van der Waals surface area contributed by atoms with Crippen LogP contribution in [0.1, 0.15) is 16.8 Å². The maximum atomic E-state index is 12.7. The Balaban J connectivity index is 2.31. The summed E-state index contributed by atoms with van der Waals surface area (Å²) in [5, 5.41) is 13.4. The Hall–Kier alpha value is -1.86. The maximum Gasteiger partial charge on any atom is 0.145 e. The molecule has 2 aromatic rings. The summed E-state index contributed by atoms with van der Waals surface area (Å²) < 4.78 is 14.3. The first-order valence-corrected chi connectivity index (χ1v) is 5.37. The number of aryl methyl sites for hydroxylation is 1. The number of rotatable bonds is 2. The first kappa shape index (κ1) is 11.6. The highest BCUT2D eigenvalue weighted by atomic mass is 35.5. The molecule has 0 amide bonds. The summed E-state index contributed by atoms with van der Waals surface area (Å²) in [7, 11) is 0. The molecule has 0 saturated heterocycles. The molecule has 86 valence electrons. The maximum absolute atomic E-state index is 12.7. The predicted octanol–water partition coefficient (Wildman–Crippen LogP) is 2.90. The number of halogens is 2. The van der Waals surface area contributed by atoms with Gasteiger partial charge < -0.3 is 0 Å². The van der Waals surface area contributed by atoms with E-state index in [1.165, 1.54) is 16.8 Å². The number of hydrogen-bond acceptors (Lipinski definition) is 2. The summed E-state index contributed by atoms with van der Waals surface area (Å²) in [6, 6.07) is 8.09. The molecule has 1 heterocycles. The normalized spacial score (nSPS) is 10.2. The molecule has 0 fully saturated rings. The Morgan fingerprint density at radius 3 is 2.59 bits per heavy atom. The monoisotopic (exact) mass is 249 g/mol. The predicted molar refractivity (Wildman–Crippen MR) is 62.2 cm³/mol. The second-order valence-corrected chi connectivity index (χ2v) is 4.01. The number of benzene rings is 1. The minimum atomic E-state index is -0.283. The van der Waals surface area contributed by atoms with Crippen molar-refractivity contribution in [2.45, 2.75) is 13.5 Å². The van der Waals surface area contributed by atoms with E-state index in [0.29, 0.717) is 23.0 Å². The van der Waals surface area contributed by atoms with E-state index in [1.54, 1.807) is 19.1 Å². The van der Waals surface area contributed by atoms with E-state index in [-0.39, 0.29) is 5.82 Å². The SMILES string of the molecule is Cc1nn(Cc2ccc(F)cc2)c(Cl)c1C#N. The van der Waals surface area contributed by atoms with Gasteiger partial charge in [-0.15, -0.1) is 0 Å². The molecular formula is C12H9ClFN3. The Morgan fingerprint density at radius 2 is 2.06 bits per heavy atom. The van der Waals surface area contributed by atoms with Crippen LogP contribution in [-0.2, 0) is 6.54 Å². The summed E-state index contributed by atoms with van der Waals surface area (Å²) in [6.45, 7) is 2.15. The molecule has 0 aliphatic heterocycles. The number of nitriles is 1. The average Bonchev–Trinajstić information content (AvgIpc) is 2.57. The molecule has 0 aliphatic carbocycles. The minimum Gasteiger partial charge on any atom is -0.248 e. The van der Waals surface area contributed by atoms with Gasteiger partial charge in [-0.1, -0.05) is 23.7 Å². The molecular weight excluding hydrogens is 241 g/mol. The van der Waals surface area contributed by atoms with Crippen LogP contribution in [0.25, 0.3) is 0 Å². The fraction of sp³-hybridized carbons (Fsp3) is 0.167. The molecule has 0 bridgehead atoms. The van der Waals surface area contributed by atoms with Crippen LogP contribution in [0.15, 0.2) is 24.3 Å². The third kappa shape index (κ3) is 2.29. The zero-order valence-corrected chi connectivity index (χ0v) is 9.87. The van der Waals surface area contributed by atoms with Crippen molar-refractivity contribution in [2.24, 2.45) is 0 Å². The van der Waals surface area contributed by atoms with Gasteiger partial charge in [0.2, 0.25) is 0 Å². The number of nitrogens with zero attached hydrogens (tertiary/aromatic N) is 3. The Morgan fingerprint density at radius 1 is 1.41 bits per heavy atom. The van der Waals surface area contributed by atoms with Crippen molar-refractivity contribution >= 4 is 11.6 Å². The van der Waals surface area contributed by atoms with Crippen LogP contribution in [0.2, 0.25) is 5.15 Å². The molecule has 5 heteroatoms. The Bertz CT molecular complexity index is 581. The largest absolute Gasteiger partial charge is 0.248 e. The second kappa shape index (κ2) is 4.56. The molecule has 0 atom stereocenters. The third-order valence-electron chi connectivity index (χ3n) is 2.42. The number of hydrogen-bond donors (Lipinski definition) is 0. The molecule has 1 aromatic carbocycles. The van der Waals surface area contributed by atoms with Crippen molar-refractivity contribution in [2.75, 3.05) is 0 Å². The summed E-state index contributed by atoms with van der Waals surface area (Å²) in [6.07, 6.45) is 0. The molecule has 0 radical (unpaired) electrons. The van der Waals surface area contributed by atoms with Crippen LogP contribution in [0.3, 0.4) is 0 Å². The molecule has 17 heavy (non-hydrogen) atoms. The van der Waals surface area contributed by atoms with Gasteiger partial charge in [-0.3, -0.25) is 0 Å². The lowest BCUT2D eigenvalue weighted by atomic mass is 10.2.